The second-order valence-corrected chi connectivity index (χ2v) is 9.57. The number of carboxylic acids is 2. The van der Waals surface area contributed by atoms with Crippen LogP contribution in [-0.4, -0.2) is 75.7 Å². The van der Waals surface area contributed by atoms with Crippen molar-refractivity contribution in [2.75, 3.05) is 6.54 Å². The van der Waals surface area contributed by atoms with Crippen molar-refractivity contribution < 1.29 is 39.3 Å². The molecule has 4 atom stereocenters. The van der Waals surface area contributed by atoms with Crippen LogP contribution in [0.15, 0.2) is 54.6 Å². The van der Waals surface area contributed by atoms with Crippen LogP contribution < -0.4 is 27.4 Å². The van der Waals surface area contributed by atoms with Crippen LogP contribution in [0.25, 0.3) is 0 Å². The van der Waals surface area contributed by atoms with E-state index in [0.717, 1.165) is 0 Å². The Labute approximate surface area is 237 Å². The standard InChI is InChI=1S/C28H37N5O8/c29-13-5-4-8-20(30)25(37)31-21(15-18-9-11-19(34)12-10-18)26(38)32-22(14-17-6-2-1-3-7-17)27(39)33-23(28(40)41)16-24(35)36/h1-3,6-7,9-12,20-23,34H,4-5,8,13-16,29-30H2,(H,31,37)(H,32,38)(H,33,39)(H,35,36)(H,40,41)/t20-,21+,22+,23+/m1/s1. The van der Waals surface area contributed by atoms with Crippen LogP contribution in [0.1, 0.15) is 36.8 Å². The van der Waals surface area contributed by atoms with Gasteiger partial charge in [0.05, 0.1) is 12.5 Å². The average Bonchev–Trinajstić information content (AvgIpc) is 2.93. The molecule has 0 aliphatic carbocycles. The second-order valence-electron chi connectivity index (χ2n) is 9.57. The number of nitrogens with two attached hydrogens (primary N) is 2. The largest absolute Gasteiger partial charge is 0.508 e. The van der Waals surface area contributed by atoms with Crippen LogP contribution in [-0.2, 0) is 36.8 Å². The van der Waals surface area contributed by atoms with E-state index in [0.29, 0.717) is 36.9 Å². The summed E-state index contributed by atoms with van der Waals surface area (Å²) in [4.78, 5) is 62.1. The van der Waals surface area contributed by atoms with Gasteiger partial charge in [0.15, 0.2) is 0 Å². The Morgan fingerprint density at radius 2 is 1.22 bits per heavy atom. The Bertz CT molecular complexity index is 1180. The second kappa shape index (κ2) is 16.6. The normalized spacial score (nSPS) is 13.7. The minimum atomic E-state index is -1.73. The van der Waals surface area contributed by atoms with Crippen molar-refractivity contribution in [1.82, 2.24) is 16.0 Å². The van der Waals surface area contributed by atoms with Gasteiger partial charge in [0.25, 0.3) is 0 Å². The number of carbonyl (C=O) groups excluding carboxylic acids is 3. The average molecular weight is 572 g/mol. The molecule has 0 spiro atoms. The summed E-state index contributed by atoms with van der Waals surface area (Å²) >= 11 is 0. The van der Waals surface area contributed by atoms with E-state index in [1.54, 1.807) is 42.5 Å². The quantitative estimate of drug-likeness (QED) is 0.115. The molecule has 41 heavy (non-hydrogen) atoms. The number of benzene rings is 2. The molecule has 13 heteroatoms. The highest BCUT2D eigenvalue weighted by Crippen LogP contribution is 2.13. The number of unbranched alkanes of at least 4 members (excludes halogenated alkanes) is 1. The zero-order chi connectivity index (χ0) is 30.4. The van der Waals surface area contributed by atoms with Crippen molar-refractivity contribution in [3.63, 3.8) is 0 Å². The van der Waals surface area contributed by atoms with Gasteiger partial charge in [-0.3, -0.25) is 19.2 Å². The van der Waals surface area contributed by atoms with Gasteiger partial charge in [0.2, 0.25) is 17.7 Å². The van der Waals surface area contributed by atoms with E-state index in [-0.39, 0.29) is 18.6 Å². The number of hydrogen-bond donors (Lipinski definition) is 8. The third kappa shape index (κ3) is 11.6. The van der Waals surface area contributed by atoms with Gasteiger partial charge in [0.1, 0.15) is 23.9 Å². The third-order valence-corrected chi connectivity index (χ3v) is 6.22. The maximum atomic E-state index is 13.5. The molecule has 13 nitrogen and oxygen atoms in total. The van der Waals surface area contributed by atoms with Gasteiger partial charge in [-0.2, -0.15) is 0 Å². The first-order valence-corrected chi connectivity index (χ1v) is 13.1. The van der Waals surface area contributed by atoms with Gasteiger partial charge < -0.3 is 42.7 Å². The highest BCUT2D eigenvalue weighted by molar-refractivity contribution is 5.95. The maximum absolute atomic E-state index is 13.5. The molecule has 2 aromatic carbocycles. The molecule has 2 aromatic rings. The van der Waals surface area contributed by atoms with E-state index < -0.39 is 60.2 Å². The van der Waals surface area contributed by atoms with Crippen molar-refractivity contribution in [2.45, 2.75) is 62.7 Å². The first kappa shape index (κ1) is 32.7. The van der Waals surface area contributed by atoms with Gasteiger partial charge in [0, 0.05) is 12.8 Å². The number of aliphatic carboxylic acids is 2. The SMILES string of the molecule is NCCCC[C@@H](N)C(=O)N[C@@H](Cc1ccc(O)cc1)C(=O)N[C@@H](Cc1ccccc1)C(=O)N[C@@H](CC(=O)O)C(=O)O. The predicted octanol–water partition coefficient (Wildman–Crippen LogP) is -0.353. The lowest BCUT2D eigenvalue weighted by Crippen LogP contribution is -2.58. The van der Waals surface area contributed by atoms with Crippen molar-refractivity contribution >= 4 is 29.7 Å². The Morgan fingerprint density at radius 1 is 0.707 bits per heavy atom. The topological polar surface area (TPSA) is 234 Å². The molecule has 0 aliphatic rings. The molecule has 10 N–H and O–H groups in total. The van der Waals surface area contributed by atoms with E-state index >= 15 is 0 Å². The fraction of sp³-hybridized carbons (Fsp3) is 0.393. The molecule has 0 fully saturated rings. The highest BCUT2D eigenvalue weighted by Gasteiger charge is 2.31. The molecule has 0 aromatic heterocycles. The number of phenolic OH excluding ortho intramolecular Hbond substituents is 1. The van der Waals surface area contributed by atoms with Crippen LogP contribution in [0.2, 0.25) is 0 Å². The Morgan fingerprint density at radius 3 is 1.73 bits per heavy atom. The van der Waals surface area contributed by atoms with Gasteiger partial charge >= 0.3 is 11.9 Å². The summed E-state index contributed by atoms with van der Waals surface area (Å²) in [6.07, 6.45) is 0.707. The van der Waals surface area contributed by atoms with Gasteiger partial charge in [-0.05, 0) is 42.6 Å². The number of carbonyl (C=O) groups is 5. The summed E-state index contributed by atoms with van der Waals surface area (Å²) in [7, 11) is 0. The van der Waals surface area contributed by atoms with Crippen LogP contribution in [0, 0.1) is 0 Å². The number of amides is 3. The van der Waals surface area contributed by atoms with E-state index in [1.165, 1.54) is 12.1 Å². The monoisotopic (exact) mass is 571 g/mol. The molecule has 3 amide bonds. The molecule has 0 saturated carbocycles. The Kier molecular flexibility index (Phi) is 13.2. The van der Waals surface area contributed by atoms with Gasteiger partial charge in [-0.25, -0.2) is 4.79 Å². The smallest absolute Gasteiger partial charge is 0.326 e. The lowest BCUT2D eigenvalue weighted by molar-refractivity contribution is -0.147. The molecule has 0 radical (unpaired) electrons. The molecule has 0 heterocycles. The van der Waals surface area contributed by atoms with E-state index in [4.69, 9.17) is 16.6 Å². The molecule has 0 bridgehead atoms. The number of nitrogens with one attached hydrogen (secondary N) is 3. The highest BCUT2D eigenvalue weighted by atomic mass is 16.4. The van der Waals surface area contributed by atoms with E-state index in [9.17, 15) is 34.2 Å². The number of hydrogen-bond acceptors (Lipinski definition) is 8. The van der Waals surface area contributed by atoms with Crippen LogP contribution in [0.3, 0.4) is 0 Å². The lowest BCUT2D eigenvalue weighted by Gasteiger charge is -2.25. The van der Waals surface area contributed by atoms with Crippen LogP contribution in [0.4, 0.5) is 0 Å². The van der Waals surface area contributed by atoms with Crippen molar-refractivity contribution in [3.8, 4) is 5.75 Å². The Balaban J connectivity index is 2.30. The number of carboxylic acid groups (broad SMARTS) is 2. The zero-order valence-electron chi connectivity index (χ0n) is 22.5. The van der Waals surface area contributed by atoms with Crippen LogP contribution in [0.5, 0.6) is 5.75 Å². The van der Waals surface area contributed by atoms with Crippen molar-refractivity contribution in [3.05, 3.63) is 65.7 Å². The molecule has 2 rings (SSSR count). The fourth-order valence-electron chi connectivity index (χ4n) is 3.97. The fourth-order valence-corrected chi connectivity index (χ4v) is 3.97. The van der Waals surface area contributed by atoms with Crippen LogP contribution >= 0.6 is 0 Å². The number of rotatable bonds is 17. The minimum absolute atomic E-state index is 0.00894. The lowest BCUT2D eigenvalue weighted by atomic mass is 10.0. The molecule has 0 saturated heterocycles. The Hall–Kier alpha value is -4.49. The van der Waals surface area contributed by atoms with Gasteiger partial charge in [-0.15, -0.1) is 0 Å². The summed E-state index contributed by atoms with van der Waals surface area (Å²) in [5.41, 5.74) is 12.7. The summed E-state index contributed by atoms with van der Waals surface area (Å²) < 4.78 is 0. The molecule has 222 valence electrons. The minimum Gasteiger partial charge on any atom is -0.508 e. The van der Waals surface area contributed by atoms with Crippen molar-refractivity contribution in [2.24, 2.45) is 11.5 Å². The zero-order valence-corrected chi connectivity index (χ0v) is 22.5. The maximum Gasteiger partial charge on any atom is 0.326 e. The number of aromatic hydroxyl groups is 1. The first-order valence-electron chi connectivity index (χ1n) is 13.1. The molecular weight excluding hydrogens is 534 g/mol. The molecule has 0 unspecified atom stereocenters. The summed E-state index contributed by atoms with van der Waals surface area (Å²) in [5.74, 6) is -5.22. The third-order valence-electron chi connectivity index (χ3n) is 6.22. The summed E-state index contributed by atoms with van der Waals surface area (Å²) in [5, 5.41) is 35.4. The van der Waals surface area contributed by atoms with E-state index in [2.05, 4.69) is 16.0 Å². The van der Waals surface area contributed by atoms with Gasteiger partial charge in [-0.1, -0.05) is 48.9 Å². The predicted molar refractivity (Wildman–Crippen MR) is 149 cm³/mol. The molecule has 0 aliphatic heterocycles. The number of phenols is 1. The summed E-state index contributed by atoms with van der Waals surface area (Å²) in [6, 6.07) is 9.45. The first-order chi connectivity index (χ1) is 19.5. The molecular formula is C28H37N5O8. The summed E-state index contributed by atoms with van der Waals surface area (Å²) in [6.45, 7) is 0.445. The van der Waals surface area contributed by atoms with E-state index in [1.807, 2.05) is 0 Å². The van der Waals surface area contributed by atoms with Crippen molar-refractivity contribution in [1.29, 1.82) is 0 Å².